The van der Waals surface area contributed by atoms with Gasteiger partial charge in [-0.1, -0.05) is 127 Å². The minimum atomic E-state index is -0.455. The minimum absolute atomic E-state index is 0.0770. The third-order valence-corrected chi connectivity index (χ3v) is 8.95. The number of hydrogen-bond acceptors (Lipinski definition) is 4. The van der Waals surface area contributed by atoms with Crippen LogP contribution in [0.3, 0.4) is 0 Å². The Kier molecular flexibility index (Phi) is 4.99. The summed E-state index contributed by atoms with van der Waals surface area (Å²) in [5.41, 5.74) is 6.19. The van der Waals surface area contributed by atoms with Crippen LogP contribution < -0.4 is 0 Å². The highest BCUT2D eigenvalue weighted by molar-refractivity contribution is 6.13. The third kappa shape index (κ3) is 4.60. The van der Waals surface area contributed by atoms with Crippen LogP contribution in [0.2, 0.25) is 0 Å². The highest BCUT2D eigenvalue weighted by Crippen LogP contribution is 2.39. The van der Waals surface area contributed by atoms with Gasteiger partial charge >= 0.3 is 0 Å². The Balaban J connectivity index is 1.19. The van der Waals surface area contributed by atoms with Gasteiger partial charge in [0.1, 0.15) is 5.58 Å². The molecule has 5 heteroatoms. The standard InChI is InChI=1S/C45H28N4O/c1-3-13-29(14-4-1)31-17-11-18-32(27-31)44-46-43(30-15-5-2-6-16-30)47-45(48-44)33-25-26-41-37(28-33)36-21-12-24-40(42(36)50-41)49-38-22-9-7-19-34(38)35-20-8-10-23-39(35)49/h1-28H/i7D,8D,9D,19D,20D,22D,23D. The van der Waals surface area contributed by atoms with Gasteiger partial charge in [0, 0.05) is 38.2 Å². The topological polar surface area (TPSA) is 56.7 Å². The van der Waals surface area contributed by atoms with Crippen molar-refractivity contribution in [2.45, 2.75) is 0 Å². The molecule has 0 spiro atoms. The Morgan fingerprint density at radius 3 is 1.86 bits per heavy atom. The molecule has 0 bridgehead atoms. The Labute approximate surface area is 297 Å². The second-order valence-corrected chi connectivity index (χ2v) is 11.9. The Morgan fingerprint density at radius 1 is 0.440 bits per heavy atom. The number of fused-ring (bicyclic) bond motifs is 6. The third-order valence-electron chi connectivity index (χ3n) is 8.95. The molecule has 0 aliphatic carbocycles. The lowest BCUT2D eigenvalue weighted by molar-refractivity contribution is 0.666. The van der Waals surface area contributed by atoms with Crippen molar-refractivity contribution in [3.8, 4) is 51.0 Å². The SMILES string of the molecule is [2H]c1cc([2H])c2c(c1[2H])c1c([2H])c([2H])c([2H])c([2H])c1n2-c1cccc2c1oc1ccc(-c3nc(-c4ccccc4)nc(-c4cccc(-c5ccccc5)c4)n3)cc12. The van der Waals surface area contributed by atoms with E-state index in [0.717, 1.165) is 33.2 Å². The normalized spacial score (nSPS) is 13.6. The van der Waals surface area contributed by atoms with Crippen molar-refractivity contribution < 1.29 is 14.0 Å². The number of furan rings is 1. The lowest BCUT2D eigenvalue weighted by atomic mass is 10.0. The first-order chi connectivity index (χ1) is 27.7. The smallest absolute Gasteiger partial charge is 0.164 e. The van der Waals surface area contributed by atoms with Gasteiger partial charge in [0.2, 0.25) is 0 Å². The largest absolute Gasteiger partial charge is 0.454 e. The predicted octanol–water partition coefficient (Wildman–Crippen LogP) is 11.5. The first kappa shape index (κ1) is 21.9. The molecule has 3 aromatic heterocycles. The van der Waals surface area contributed by atoms with E-state index in [1.54, 1.807) is 10.6 Å². The first-order valence-corrected chi connectivity index (χ1v) is 16.1. The van der Waals surface area contributed by atoms with Crippen LogP contribution in [0.15, 0.2) is 174 Å². The van der Waals surface area contributed by atoms with Gasteiger partial charge in [-0.2, -0.15) is 0 Å². The molecule has 0 unspecified atom stereocenters. The Hall–Kier alpha value is -6.85. The molecule has 10 aromatic rings. The van der Waals surface area contributed by atoms with E-state index in [-0.39, 0.29) is 52.0 Å². The average Bonchev–Trinajstić information content (AvgIpc) is 3.82. The van der Waals surface area contributed by atoms with Gasteiger partial charge in [0.15, 0.2) is 23.1 Å². The molecule has 5 nitrogen and oxygen atoms in total. The van der Waals surface area contributed by atoms with Crippen molar-refractivity contribution >= 4 is 43.7 Å². The molecule has 0 amide bonds. The van der Waals surface area contributed by atoms with Gasteiger partial charge in [0.05, 0.1) is 26.3 Å². The van der Waals surface area contributed by atoms with E-state index in [0.29, 0.717) is 39.7 Å². The number of hydrogen-bond donors (Lipinski definition) is 0. The maximum absolute atomic E-state index is 8.97. The summed E-state index contributed by atoms with van der Waals surface area (Å²) >= 11 is 0. The summed E-state index contributed by atoms with van der Waals surface area (Å²) in [7, 11) is 0. The van der Waals surface area contributed by atoms with Crippen LogP contribution in [0.1, 0.15) is 9.60 Å². The van der Waals surface area contributed by atoms with E-state index in [1.807, 2.05) is 91.0 Å². The summed E-state index contributed by atoms with van der Waals surface area (Å²) in [5.74, 6) is 1.50. The summed E-state index contributed by atoms with van der Waals surface area (Å²) < 4.78 is 68.9. The molecule has 0 saturated carbocycles. The zero-order chi connectivity index (χ0) is 39.1. The van der Waals surface area contributed by atoms with Gasteiger partial charge in [0.25, 0.3) is 0 Å². The van der Waals surface area contributed by atoms with Crippen LogP contribution in [0, 0.1) is 0 Å². The van der Waals surface area contributed by atoms with Gasteiger partial charge in [-0.3, -0.25) is 0 Å². The van der Waals surface area contributed by atoms with Crippen molar-refractivity contribution in [3.63, 3.8) is 0 Å². The fourth-order valence-electron chi connectivity index (χ4n) is 6.63. The van der Waals surface area contributed by atoms with Crippen LogP contribution in [0.4, 0.5) is 0 Å². The molecule has 0 N–H and O–H groups in total. The average molecular weight is 648 g/mol. The van der Waals surface area contributed by atoms with E-state index < -0.39 is 12.1 Å². The van der Waals surface area contributed by atoms with Crippen molar-refractivity contribution in [2.24, 2.45) is 0 Å². The molecule has 0 atom stereocenters. The Morgan fingerprint density at radius 2 is 1.06 bits per heavy atom. The van der Waals surface area contributed by atoms with Crippen LogP contribution in [0.25, 0.3) is 94.7 Å². The van der Waals surface area contributed by atoms with Gasteiger partial charge in [-0.15, -0.1) is 0 Å². The number of nitrogens with zero attached hydrogens (tertiary/aromatic N) is 4. The highest BCUT2D eigenvalue weighted by atomic mass is 16.3. The van der Waals surface area contributed by atoms with Crippen molar-refractivity contribution in [1.29, 1.82) is 0 Å². The highest BCUT2D eigenvalue weighted by Gasteiger charge is 2.19. The Bertz CT molecular complexity index is 3270. The second-order valence-electron chi connectivity index (χ2n) is 11.9. The molecule has 0 radical (unpaired) electrons. The number of para-hydroxylation sites is 3. The number of benzene rings is 7. The maximum atomic E-state index is 8.97. The summed E-state index contributed by atoms with van der Waals surface area (Å²) in [6, 6.07) is 38.3. The van der Waals surface area contributed by atoms with Crippen molar-refractivity contribution in [2.75, 3.05) is 0 Å². The molecule has 0 saturated heterocycles. The molecule has 0 aliphatic rings. The second kappa shape index (κ2) is 11.4. The molecule has 7 aromatic carbocycles. The van der Waals surface area contributed by atoms with Crippen LogP contribution in [-0.2, 0) is 0 Å². The summed E-state index contributed by atoms with van der Waals surface area (Å²) in [6.07, 6.45) is 0. The quantitative estimate of drug-likeness (QED) is 0.186. The molecule has 0 aliphatic heterocycles. The molecule has 3 heterocycles. The number of aromatic nitrogens is 4. The van der Waals surface area contributed by atoms with E-state index in [2.05, 4.69) is 24.3 Å². The van der Waals surface area contributed by atoms with Crippen molar-refractivity contribution in [3.05, 3.63) is 170 Å². The van der Waals surface area contributed by atoms with E-state index in [4.69, 9.17) is 29.0 Å². The minimum Gasteiger partial charge on any atom is -0.454 e. The molecule has 234 valence electrons. The van der Waals surface area contributed by atoms with Gasteiger partial charge in [-0.05, 0) is 53.5 Å². The molecule has 10 rings (SSSR count). The van der Waals surface area contributed by atoms with E-state index >= 15 is 0 Å². The zero-order valence-corrected chi connectivity index (χ0v) is 26.3. The molecule has 0 fully saturated rings. The summed E-state index contributed by atoms with van der Waals surface area (Å²) in [5, 5.41) is 1.65. The van der Waals surface area contributed by atoms with Gasteiger partial charge in [-0.25, -0.2) is 15.0 Å². The monoisotopic (exact) mass is 647 g/mol. The summed E-state index contributed by atoms with van der Waals surface area (Å²) in [4.78, 5) is 14.9. The van der Waals surface area contributed by atoms with E-state index in [1.165, 1.54) is 6.07 Å². The zero-order valence-electron chi connectivity index (χ0n) is 33.3. The van der Waals surface area contributed by atoms with E-state index in [9.17, 15) is 0 Å². The lowest BCUT2D eigenvalue weighted by Gasteiger charge is -2.10. The fourth-order valence-corrected chi connectivity index (χ4v) is 6.63. The fraction of sp³-hybridized carbons (Fsp3) is 0. The molecular formula is C45H28N4O. The first-order valence-electron chi connectivity index (χ1n) is 19.6. The van der Waals surface area contributed by atoms with Crippen LogP contribution in [-0.4, -0.2) is 19.5 Å². The van der Waals surface area contributed by atoms with Crippen LogP contribution in [0.5, 0.6) is 0 Å². The van der Waals surface area contributed by atoms with Crippen LogP contribution >= 0.6 is 0 Å². The predicted molar refractivity (Wildman–Crippen MR) is 203 cm³/mol. The van der Waals surface area contributed by atoms with Crippen molar-refractivity contribution in [1.82, 2.24) is 19.5 Å². The summed E-state index contributed by atoms with van der Waals surface area (Å²) in [6.45, 7) is 0. The molecule has 50 heavy (non-hydrogen) atoms. The van der Waals surface area contributed by atoms with Gasteiger partial charge < -0.3 is 8.98 Å². The molecular weight excluding hydrogens is 613 g/mol. The lowest BCUT2D eigenvalue weighted by Crippen LogP contribution is -2.00. The number of rotatable bonds is 5. The maximum Gasteiger partial charge on any atom is 0.164 e.